The molecule has 0 fully saturated rings. The van der Waals surface area contributed by atoms with Crippen molar-refractivity contribution in [1.29, 1.82) is 0 Å². The second-order valence-electron chi connectivity index (χ2n) is 6.15. The summed E-state index contributed by atoms with van der Waals surface area (Å²) in [6.45, 7) is 1.41. The molecule has 0 spiro atoms. The molecule has 3 rings (SSSR count). The van der Waals surface area contributed by atoms with Gasteiger partial charge in [0.05, 0.1) is 12.1 Å². The van der Waals surface area contributed by atoms with Crippen molar-refractivity contribution in [3.05, 3.63) is 52.7 Å². The summed E-state index contributed by atoms with van der Waals surface area (Å²) in [5.41, 5.74) is -0.504. The number of likely N-dealkylation sites (N-methyl/N-ethyl adjacent to an activating group) is 1. The maximum absolute atomic E-state index is 12.9. The molecule has 1 aromatic carbocycles. The number of carbonyl (C=O) groups excluding carboxylic acids is 2. The first kappa shape index (κ1) is 20.5. The fourth-order valence-electron chi connectivity index (χ4n) is 2.42. The highest BCUT2D eigenvalue weighted by Crippen LogP contribution is 2.33. The molecule has 3 aromatic rings. The lowest BCUT2D eigenvalue weighted by atomic mass is 10.1. The van der Waals surface area contributed by atoms with Crippen LogP contribution in [0.3, 0.4) is 0 Å². The van der Waals surface area contributed by atoms with Gasteiger partial charge in [0.2, 0.25) is 5.91 Å². The van der Waals surface area contributed by atoms with E-state index in [0.29, 0.717) is 5.76 Å². The molecule has 7 nitrogen and oxygen atoms in total. The summed E-state index contributed by atoms with van der Waals surface area (Å²) in [6.07, 6.45) is -4.47. The SMILES string of the molecule is Cc1cc(NC(=O)CN(C)C(=O)c2csc(-c3cccc(C(F)(F)F)c3)n2)no1. The van der Waals surface area contributed by atoms with Crippen molar-refractivity contribution in [1.82, 2.24) is 15.0 Å². The second kappa shape index (κ2) is 8.03. The quantitative estimate of drug-likeness (QED) is 0.673. The number of hydrogen-bond acceptors (Lipinski definition) is 6. The number of benzene rings is 1. The molecule has 0 atom stereocenters. The molecule has 152 valence electrons. The molecule has 0 saturated heterocycles. The molecule has 0 radical (unpaired) electrons. The van der Waals surface area contributed by atoms with E-state index in [4.69, 9.17) is 4.52 Å². The summed E-state index contributed by atoms with van der Waals surface area (Å²) < 4.78 is 43.5. The Morgan fingerprint density at radius 1 is 1.28 bits per heavy atom. The van der Waals surface area contributed by atoms with Gasteiger partial charge in [0.25, 0.3) is 5.91 Å². The minimum atomic E-state index is -4.47. The van der Waals surface area contributed by atoms with E-state index in [0.717, 1.165) is 28.4 Å². The molecule has 0 aliphatic carbocycles. The van der Waals surface area contributed by atoms with Gasteiger partial charge in [-0.1, -0.05) is 17.3 Å². The Balaban J connectivity index is 1.68. The van der Waals surface area contributed by atoms with Crippen LogP contribution >= 0.6 is 11.3 Å². The van der Waals surface area contributed by atoms with Gasteiger partial charge in [0.15, 0.2) is 5.82 Å². The normalized spacial score (nSPS) is 11.3. The summed E-state index contributed by atoms with van der Waals surface area (Å²) >= 11 is 1.04. The summed E-state index contributed by atoms with van der Waals surface area (Å²) in [6, 6.07) is 6.24. The average molecular weight is 424 g/mol. The molecule has 1 N–H and O–H groups in total. The van der Waals surface area contributed by atoms with E-state index >= 15 is 0 Å². The maximum Gasteiger partial charge on any atom is 0.416 e. The topological polar surface area (TPSA) is 88.3 Å². The third kappa shape index (κ3) is 4.99. The van der Waals surface area contributed by atoms with Crippen LogP contribution in [0.15, 0.2) is 40.2 Å². The van der Waals surface area contributed by atoms with Crippen molar-refractivity contribution in [2.45, 2.75) is 13.1 Å². The molecule has 0 aliphatic rings. The molecular formula is C18H15F3N4O3S. The van der Waals surface area contributed by atoms with Crippen LogP contribution in [0.4, 0.5) is 19.0 Å². The number of rotatable bonds is 5. The lowest BCUT2D eigenvalue weighted by molar-refractivity contribution is -0.137. The minimum Gasteiger partial charge on any atom is -0.360 e. The van der Waals surface area contributed by atoms with Crippen molar-refractivity contribution in [3.63, 3.8) is 0 Å². The van der Waals surface area contributed by atoms with Gasteiger partial charge in [0.1, 0.15) is 16.5 Å². The molecule has 2 amide bonds. The lowest BCUT2D eigenvalue weighted by Crippen LogP contribution is -2.35. The number of anilines is 1. The fraction of sp³-hybridized carbons (Fsp3) is 0.222. The van der Waals surface area contributed by atoms with Crippen LogP contribution in [0.5, 0.6) is 0 Å². The number of thiazole rings is 1. The smallest absolute Gasteiger partial charge is 0.360 e. The van der Waals surface area contributed by atoms with Gasteiger partial charge < -0.3 is 14.7 Å². The standard InChI is InChI=1S/C18H15F3N4O3S/c1-10-6-14(24-28-10)23-15(26)8-25(2)17(27)13-9-29-16(22-13)11-4-3-5-12(7-11)18(19,20)21/h3-7,9H,8H2,1-2H3,(H,23,24,26). The summed E-state index contributed by atoms with van der Waals surface area (Å²) in [4.78, 5) is 29.8. The van der Waals surface area contributed by atoms with Crippen molar-refractivity contribution in [2.24, 2.45) is 0 Å². The molecule has 2 heterocycles. The van der Waals surface area contributed by atoms with Crippen molar-refractivity contribution >= 4 is 29.0 Å². The van der Waals surface area contributed by atoms with Crippen LogP contribution in [0.2, 0.25) is 0 Å². The van der Waals surface area contributed by atoms with E-state index in [9.17, 15) is 22.8 Å². The number of aromatic nitrogens is 2. The predicted molar refractivity (Wildman–Crippen MR) is 99.4 cm³/mol. The highest BCUT2D eigenvalue weighted by Gasteiger charge is 2.30. The molecular weight excluding hydrogens is 409 g/mol. The van der Waals surface area contributed by atoms with E-state index in [1.807, 2.05) is 0 Å². The number of aryl methyl sites for hydroxylation is 1. The number of nitrogens with one attached hydrogen (secondary N) is 1. The van der Waals surface area contributed by atoms with E-state index in [1.54, 1.807) is 6.92 Å². The predicted octanol–water partition coefficient (Wildman–Crippen LogP) is 3.84. The molecule has 0 bridgehead atoms. The Bertz CT molecular complexity index is 1040. The molecule has 29 heavy (non-hydrogen) atoms. The number of nitrogens with zero attached hydrogens (tertiary/aromatic N) is 3. The second-order valence-corrected chi connectivity index (χ2v) is 7.01. The average Bonchev–Trinajstić information content (AvgIpc) is 3.29. The van der Waals surface area contributed by atoms with Gasteiger partial charge in [-0.25, -0.2) is 4.98 Å². The van der Waals surface area contributed by atoms with Gasteiger partial charge in [0, 0.05) is 24.1 Å². The first-order valence-electron chi connectivity index (χ1n) is 8.25. The summed E-state index contributed by atoms with van der Waals surface area (Å²) in [5, 5.41) is 7.83. The zero-order chi connectivity index (χ0) is 21.2. The zero-order valence-corrected chi connectivity index (χ0v) is 16.1. The molecule has 11 heteroatoms. The van der Waals surface area contributed by atoms with Crippen molar-refractivity contribution < 1.29 is 27.3 Å². The minimum absolute atomic E-state index is 0.0370. The third-order valence-electron chi connectivity index (χ3n) is 3.78. The lowest BCUT2D eigenvalue weighted by Gasteiger charge is -2.14. The van der Waals surface area contributed by atoms with Crippen molar-refractivity contribution in [2.75, 3.05) is 18.9 Å². The van der Waals surface area contributed by atoms with E-state index in [1.165, 1.54) is 30.6 Å². The Kier molecular flexibility index (Phi) is 5.69. The fourth-order valence-corrected chi connectivity index (χ4v) is 3.21. The van der Waals surface area contributed by atoms with Crippen LogP contribution in [-0.2, 0) is 11.0 Å². The number of halogens is 3. The summed E-state index contributed by atoms with van der Waals surface area (Å²) in [7, 11) is 1.42. The van der Waals surface area contributed by atoms with Crippen LogP contribution < -0.4 is 5.32 Å². The number of amides is 2. The van der Waals surface area contributed by atoms with E-state index < -0.39 is 23.6 Å². The van der Waals surface area contributed by atoms with E-state index in [2.05, 4.69) is 15.5 Å². The molecule has 0 aliphatic heterocycles. The highest BCUT2D eigenvalue weighted by molar-refractivity contribution is 7.13. The Hall–Kier alpha value is -3.21. The summed E-state index contributed by atoms with van der Waals surface area (Å²) in [5.74, 6) is -0.267. The Morgan fingerprint density at radius 2 is 2.03 bits per heavy atom. The zero-order valence-electron chi connectivity index (χ0n) is 15.3. The third-order valence-corrected chi connectivity index (χ3v) is 4.67. The Labute approximate surface area is 167 Å². The van der Waals surface area contributed by atoms with Crippen LogP contribution in [0.25, 0.3) is 10.6 Å². The van der Waals surface area contributed by atoms with Crippen LogP contribution in [0, 0.1) is 6.92 Å². The first-order valence-corrected chi connectivity index (χ1v) is 9.13. The largest absolute Gasteiger partial charge is 0.416 e. The van der Waals surface area contributed by atoms with Gasteiger partial charge in [-0.15, -0.1) is 11.3 Å². The monoisotopic (exact) mass is 424 g/mol. The van der Waals surface area contributed by atoms with Gasteiger partial charge in [-0.2, -0.15) is 13.2 Å². The van der Waals surface area contributed by atoms with Crippen molar-refractivity contribution in [3.8, 4) is 10.6 Å². The Morgan fingerprint density at radius 3 is 2.69 bits per heavy atom. The van der Waals surface area contributed by atoms with Crippen LogP contribution in [0.1, 0.15) is 21.8 Å². The maximum atomic E-state index is 12.9. The number of hydrogen-bond donors (Lipinski definition) is 1. The van der Waals surface area contributed by atoms with Gasteiger partial charge >= 0.3 is 6.18 Å². The van der Waals surface area contributed by atoms with Crippen LogP contribution in [-0.4, -0.2) is 40.4 Å². The molecule has 0 saturated carbocycles. The highest BCUT2D eigenvalue weighted by atomic mass is 32.1. The van der Waals surface area contributed by atoms with E-state index in [-0.39, 0.29) is 28.6 Å². The van der Waals surface area contributed by atoms with Gasteiger partial charge in [-0.05, 0) is 19.1 Å². The molecule has 0 unspecified atom stereocenters. The first-order chi connectivity index (χ1) is 13.6. The number of carbonyl (C=O) groups is 2. The van der Waals surface area contributed by atoms with Gasteiger partial charge in [-0.3, -0.25) is 9.59 Å². The molecule has 2 aromatic heterocycles. The number of alkyl halides is 3.